The first-order chi connectivity index (χ1) is 14.3. The monoisotopic (exact) mass is 442 g/mol. The van der Waals surface area contributed by atoms with E-state index in [-0.39, 0.29) is 17.0 Å². The molecule has 1 saturated carbocycles. The van der Waals surface area contributed by atoms with E-state index >= 15 is 0 Å². The highest BCUT2D eigenvalue weighted by Gasteiger charge is 2.31. The first kappa shape index (κ1) is 25.2. The smallest absolute Gasteiger partial charge is 0.243 e. The van der Waals surface area contributed by atoms with Crippen molar-refractivity contribution in [1.29, 1.82) is 0 Å². The van der Waals surface area contributed by atoms with Crippen molar-refractivity contribution in [3.8, 4) is 0 Å². The minimum absolute atomic E-state index is 0.0309. The van der Waals surface area contributed by atoms with Crippen molar-refractivity contribution in [1.82, 2.24) is 9.21 Å². The van der Waals surface area contributed by atoms with Gasteiger partial charge in [0.05, 0.1) is 11.0 Å². The lowest BCUT2D eigenvalue weighted by Gasteiger charge is -2.34. The quantitative estimate of drug-likeness (QED) is 0.416. The van der Waals surface area contributed by atoms with Crippen molar-refractivity contribution in [2.45, 2.75) is 81.8 Å². The number of unbranched alkanes of at least 4 members (excludes halogenated alkanes) is 3. The highest BCUT2D eigenvalue weighted by Crippen LogP contribution is 2.28. The van der Waals surface area contributed by atoms with Gasteiger partial charge in [-0.2, -0.15) is 4.31 Å². The molecule has 0 N–H and O–H groups in total. The number of hydrogen-bond donors (Lipinski definition) is 0. The molecule has 0 saturated heterocycles. The molecular formula is C23H39FN2O3S. The van der Waals surface area contributed by atoms with Gasteiger partial charge in [0.2, 0.25) is 10.0 Å². The predicted octanol–water partition coefficient (Wildman–Crippen LogP) is 4.68. The van der Waals surface area contributed by atoms with Crippen LogP contribution in [0.5, 0.6) is 0 Å². The third-order valence-electron chi connectivity index (χ3n) is 6.08. The molecule has 2 rings (SSSR count). The summed E-state index contributed by atoms with van der Waals surface area (Å²) in [5.41, 5.74) is 0. The van der Waals surface area contributed by atoms with E-state index in [2.05, 4.69) is 18.9 Å². The van der Waals surface area contributed by atoms with Gasteiger partial charge in [0.15, 0.2) is 0 Å². The summed E-state index contributed by atoms with van der Waals surface area (Å²) in [5, 5.41) is 0. The Morgan fingerprint density at radius 1 is 0.967 bits per heavy atom. The first-order valence-corrected chi connectivity index (χ1v) is 12.8. The molecule has 1 aromatic rings. The van der Waals surface area contributed by atoms with Crippen molar-refractivity contribution >= 4 is 10.0 Å². The van der Waals surface area contributed by atoms with Crippen LogP contribution in [0.4, 0.5) is 4.39 Å². The second-order valence-corrected chi connectivity index (χ2v) is 10.5. The first-order valence-electron chi connectivity index (χ1n) is 11.4. The zero-order chi connectivity index (χ0) is 22.0. The fourth-order valence-electron chi connectivity index (χ4n) is 4.02. The summed E-state index contributed by atoms with van der Waals surface area (Å²) in [5.74, 6) is -0.433. The van der Waals surface area contributed by atoms with Crippen molar-refractivity contribution in [2.75, 3.05) is 33.8 Å². The van der Waals surface area contributed by atoms with Crippen LogP contribution >= 0.6 is 0 Å². The van der Waals surface area contributed by atoms with Crippen LogP contribution in [-0.2, 0) is 14.8 Å². The van der Waals surface area contributed by atoms with Gasteiger partial charge in [-0.1, -0.05) is 19.8 Å². The summed E-state index contributed by atoms with van der Waals surface area (Å²) >= 11 is 0. The molecule has 7 heteroatoms. The lowest BCUT2D eigenvalue weighted by molar-refractivity contribution is 0.0152. The summed E-state index contributed by atoms with van der Waals surface area (Å²) in [6.07, 6.45) is 9.63. The molecule has 0 unspecified atom stereocenters. The van der Waals surface area contributed by atoms with Crippen LogP contribution in [0.15, 0.2) is 29.2 Å². The van der Waals surface area contributed by atoms with Crippen LogP contribution in [0.2, 0.25) is 0 Å². The molecule has 1 aromatic carbocycles. The second-order valence-electron chi connectivity index (χ2n) is 8.49. The third kappa shape index (κ3) is 7.91. The molecular weight excluding hydrogens is 403 g/mol. The Hall–Kier alpha value is -1.02. The van der Waals surface area contributed by atoms with E-state index in [1.165, 1.54) is 54.4 Å². The number of nitrogens with zero attached hydrogens (tertiary/aromatic N) is 2. The minimum Gasteiger partial charge on any atom is -0.378 e. The molecule has 0 aromatic heterocycles. The maximum atomic E-state index is 13.1. The Kier molecular flexibility index (Phi) is 10.7. The number of halogens is 1. The standard InChI is InChI=1S/C23H39FN2O3S/c1-4-5-6-17-25(2)18-7-8-19-29-22-13-11-21(12-14-22)26(3)30(27,28)23-15-9-20(24)10-16-23/h9-10,15-16,21-22H,4-8,11-14,17-19H2,1-3H3/t21-,22-. The third-order valence-corrected chi connectivity index (χ3v) is 8.00. The Morgan fingerprint density at radius 2 is 1.57 bits per heavy atom. The molecule has 0 radical (unpaired) electrons. The van der Waals surface area contributed by atoms with E-state index in [1.807, 2.05) is 0 Å². The van der Waals surface area contributed by atoms with Crippen LogP contribution < -0.4 is 0 Å². The van der Waals surface area contributed by atoms with E-state index in [1.54, 1.807) is 7.05 Å². The van der Waals surface area contributed by atoms with Crippen LogP contribution in [0.25, 0.3) is 0 Å². The van der Waals surface area contributed by atoms with Crippen LogP contribution in [-0.4, -0.2) is 63.6 Å². The van der Waals surface area contributed by atoms with E-state index in [0.29, 0.717) is 0 Å². The van der Waals surface area contributed by atoms with Gasteiger partial charge in [0, 0.05) is 19.7 Å². The molecule has 1 aliphatic rings. The topological polar surface area (TPSA) is 49.9 Å². The highest BCUT2D eigenvalue weighted by atomic mass is 32.2. The van der Waals surface area contributed by atoms with Crippen LogP contribution in [0.1, 0.15) is 64.7 Å². The average molecular weight is 443 g/mol. The fraction of sp³-hybridized carbons (Fsp3) is 0.739. The normalized spacial score (nSPS) is 20.2. The zero-order valence-electron chi connectivity index (χ0n) is 18.9. The average Bonchev–Trinajstić information content (AvgIpc) is 2.74. The number of sulfonamides is 1. The van der Waals surface area contributed by atoms with Gasteiger partial charge in [-0.3, -0.25) is 0 Å². The van der Waals surface area contributed by atoms with Gasteiger partial charge in [0.25, 0.3) is 0 Å². The van der Waals surface area contributed by atoms with Crippen molar-refractivity contribution in [3.63, 3.8) is 0 Å². The molecule has 30 heavy (non-hydrogen) atoms. The number of benzene rings is 1. The molecule has 0 amide bonds. The number of ether oxygens (including phenoxy) is 1. The van der Waals surface area contributed by atoms with Gasteiger partial charge in [-0.15, -0.1) is 0 Å². The van der Waals surface area contributed by atoms with Gasteiger partial charge in [-0.25, -0.2) is 12.8 Å². The van der Waals surface area contributed by atoms with Gasteiger partial charge < -0.3 is 9.64 Å². The predicted molar refractivity (Wildman–Crippen MR) is 120 cm³/mol. The van der Waals surface area contributed by atoms with Crippen LogP contribution in [0, 0.1) is 5.82 Å². The number of hydrogen-bond acceptors (Lipinski definition) is 4. The maximum absolute atomic E-state index is 13.1. The second kappa shape index (κ2) is 12.7. The summed E-state index contributed by atoms with van der Waals surface area (Å²) in [7, 11) is 0.223. The molecule has 1 fully saturated rings. The van der Waals surface area contributed by atoms with Crippen molar-refractivity contribution < 1.29 is 17.5 Å². The van der Waals surface area contributed by atoms with E-state index in [0.717, 1.165) is 51.7 Å². The lowest BCUT2D eigenvalue weighted by Crippen LogP contribution is -2.40. The van der Waals surface area contributed by atoms with E-state index < -0.39 is 15.8 Å². The summed E-state index contributed by atoms with van der Waals surface area (Å²) in [4.78, 5) is 2.54. The molecule has 0 spiro atoms. The fourth-order valence-corrected chi connectivity index (χ4v) is 5.44. The lowest BCUT2D eigenvalue weighted by atomic mass is 9.93. The minimum atomic E-state index is -3.59. The Labute approximate surface area is 182 Å². The van der Waals surface area contributed by atoms with Crippen molar-refractivity contribution in [2.24, 2.45) is 0 Å². The van der Waals surface area contributed by atoms with Gasteiger partial charge in [0.1, 0.15) is 5.82 Å². The van der Waals surface area contributed by atoms with Crippen LogP contribution in [0.3, 0.4) is 0 Å². The largest absolute Gasteiger partial charge is 0.378 e. The molecule has 0 bridgehead atoms. The molecule has 5 nitrogen and oxygen atoms in total. The molecule has 0 heterocycles. The Morgan fingerprint density at radius 3 is 2.17 bits per heavy atom. The molecule has 0 atom stereocenters. The summed E-state index contributed by atoms with van der Waals surface area (Å²) < 4.78 is 46.1. The van der Waals surface area contributed by atoms with E-state index in [9.17, 15) is 12.8 Å². The van der Waals surface area contributed by atoms with Gasteiger partial charge >= 0.3 is 0 Å². The Balaban J connectivity index is 1.65. The molecule has 172 valence electrons. The summed E-state index contributed by atoms with van der Waals surface area (Å²) in [6.45, 7) is 5.30. The van der Waals surface area contributed by atoms with E-state index in [4.69, 9.17) is 4.74 Å². The zero-order valence-corrected chi connectivity index (χ0v) is 19.7. The Bertz CT molecular complexity index is 704. The van der Waals surface area contributed by atoms with Crippen molar-refractivity contribution in [3.05, 3.63) is 30.1 Å². The summed E-state index contributed by atoms with van der Waals surface area (Å²) in [6, 6.07) is 5.01. The van der Waals surface area contributed by atoms with Gasteiger partial charge in [-0.05, 0) is 89.3 Å². The SMILES string of the molecule is CCCCCN(C)CCCCO[C@H]1CC[C@H](N(C)S(=O)(=O)c2ccc(F)cc2)CC1. The highest BCUT2D eigenvalue weighted by molar-refractivity contribution is 7.89. The molecule has 0 aliphatic heterocycles. The molecule has 1 aliphatic carbocycles. The maximum Gasteiger partial charge on any atom is 0.243 e. The number of rotatable bonds is 13.